The quantitative estimate of drug-likeness (QED) is 0.111. The maximum absolute atomic E-state index is 10.5. The van der Waals surface area contributed by atoms with Gasteiger partial charge in [-0.15, -0.1) is 0 Å². The van der Waals surface area contributed by atoms with Gasteiger partial charge >= 0.3 is 0 Å². The smallest absolute Gasteiger partial charge is 0.134 e. The molecule has 2 N–H and O–H groups in total. The fourth-order valence-corrected chi connectivity index (χ4v) is 10.1. The molecule has 6 atom stereocenters. The Balaban J connectivity index is 0.000000167. The van der Waals surface area contributed by atoms with Crippen LogP contribution in [0.1, 0.15) is 59.1 Å². The summed E-state index contributed by atoms with van der Waals surface area (Å²) in [5.41, 5.74) is 23.6. The number of nitrogens with zero attached hydrogens (tertiary/aromatic N) is 10. The van der Waals surface area contributed by atoms with E-state index in [1.165, 1.54) is 22.3 Å². The van der Waals surface area contributed by atoms with Crippen LogP contribution in [0.5, 0.6) is 0 Å². The number of aliphatic hydroxyl groups excluding tert-OH is 2. The monoisotopic (exact) mass is 894 g/mol. The molecule has 54 heavy (non-hydrogen) atoms. The van der Waals surface area contributed by atoms with Crippen LogP contribution in [0.3, 0.4) is 0 Å². The second-order valence-corrected chi connectivity index (χ2v) is 17.4. The van der Waals surface area contributed by atoms with E-state index in [0.717, 1.165) is 31.7 Å². The Hall–Kier alpha value is -3.58. The molecule has 2 aliphatic carbocycles. The van der Waals surface area contributed by atoms with E-state index >= 15 is 0 Å². The Labute approximate surface area is 340 Å². The van der Waals surface area contributed by atoms with Gasteiger partial charge in [0.2, 0.25) is 0 Å². The predicted octanol–water partition coefficient (Wildman–Crippen LogP) is 9.80. The first kappa shape index (κ1) is 38.7. The molecular weight excluding hydrogens is 859 g/mol. The first-order valence-corrected chi connectivity index (χ1v) is 20.0. The van der Waals surface area contributed by atoms with Crippen LogP contribution < -0.4 is 9.80 Å². The van der Waals surface area contributed by atoms with Crippen molar-refractivity contribution in [1.82, 2.24) is 9.97 Å². The zero-order valence-electron chi connectivity index (χ0n) is 29.6. The van der Waals surface area contributed by atoms with Gasteiger partial charge in [0, 0.05) is 70.4 Å². The number of hydrogen-bond acceptors (Lipinski definition) is 8. The topological polar surface area (TPSA) is 170 Å². The van der Waals surface area contributed by atoms with Gasteiger partial charge in [0.15, 0.2) is 0 Å². The van der Waals surface area contributed by atoms with Gasteiger partial charge in [-0.2, -0.15) is 0 Å². The van der Waals surface area contributed by atoms with E-state index in [1.807, 2.05) is 0 Å². The van der Waals surface area contributed by atoms with Gasteiger partial charge in [-0.25, -0.2) is 9.97 Å². The minimum Gasteiger partial charge on any atom is -0.393 e. The molecule has 4 aliphatic rings. The fraction of sp³-hybridized carbons (Fsp3) is 0.421. The van der Waals surface area contributed by atoms with Crippen molar-refractivity contribution in [2.45, 2.75) is 87.7 Å². The Morgan fingerprint density at radius 1 is 0.704 bits per heavy atom. The number of pyridine rings is 2. The van der Waals surface area contributed by atoms with Crippen LogP contribution in [-0.4, -0.2) is 57.6 Å². The van der Waals surface area contributed by atoms with E-state index in [-0.39, 0.29) is 10.8 Å². The first-order valence-electron chi connectivity index (χ1n) is 17.6. The van der Waals surface area contributed by atoms with E-state index in [9.17, 15) is 10.2 Å². The van der Waals surface area contributed by atoms with E-state index in [2.05, 4.69) is 134 Å². The molecule has 2 aromatic heterocycles. The normalized spacial score (nSPS) is 26.3. The van der Waals surface area contributed by atoms with Gasteiger partial charge < -0.3 is 20.0 Å². The summed E-state index contributed by atoms with van der Waals surface area (Å²) in [7, 11) is 0. The highest BCUT2D eigenvalue weighted by Crippen LogP contribution is 2.56. The van der Waals surface area contributed by atoms with Gasteiger partial charge in [0.25, 0.3) is 0 Å². The second-order valence-electron chi connectivity index (χ2n) is 15.0. The number of azide groups is 2. The number of aryl methyl sites for hydroxylation is 2. The average molecular weight is 898 g/mol. The molecule has 2 spiro atoms. The third kappa shape index (κ3) is 7.27. The van der Waals surface area contributed by atoms with Crippen molar-refractivity contribution in [1.29, 1.82) is 0 Å². The number of fused-ring (bicyclic) bond motifs is 4. The van der Waals surface area contributed by atoms with Crippen molar-refractivity contribution < 1.29 is 10.2 Å². The third-order valence-corrected chi connectivity index (χ3v) is 13.7. The van der Waals surface area contributed by atoms with Crippen LogP contribution in [-0.2, 0) is 23.9 Å². The lowest BCUT2D eigenvalue weighted by Gasteiger charge is -2.26. The number of hydrogen-bond donors (Lipinski definition) is 2. The van der Waals surface area contributed by atoms with Crippen molar-refractivity contribution in [3.05, 3.63) is 134 Å². The van der Waals surface area contributed by atoms with Crippen LogP contribution in [0.2, 0.25) is 10.0 Å². The molecule has 2 fully saturated rings. The van der Waals surface area contributed by atoms with Crippen molar-refractivity contribution in [2.75, 3.05) is 22.9 Å². The van der Waals surface area contributed by atoms with Crippen molar-refractivity contribution in [3.63, 3.8) is 0 Å². The summed E-state index contributed by atoms with van der Waals surface area (Å²) in [4.78, 5) is 19.5. The zero-order valence-corrected chi connectivity index (χ0v) is 34.3. The molecule has 0 bridgehead atoms. The minimum atomic E-state index is -0.678. The Morgan fingerprint density at radius 3 is 1.43 bits per heavy atom. The number of aromatic nitrogens is 2. The van der Waals surface area contributed by atoms with E-state index in [1.54, 1.807) is 12.4 Å². The third-order valence-electron chi connectivity index (χ3n) is 11.2. The van der Waals surface area contributed by atoms with E-state index in [4.69, 9.17) is 34.3 Å². The number of benzene rings is 2. The van der Waals surface area contributed by atoms with Gasteiger partial charge in [-0.05, 0) is 93.6 Å². The Morgan fingerprint density at radius 2 is 1.07 bits per heavy atom. The van der Waals surface area contributed by atoms with Gasteiger partial charge in [0.05, 0.1) is 43.3 Å². The van der Waals surface area contributed by atoms with Crippen molar-refractivity contribution >= 4 is 66.7 Å². The number of rotatable bonds is 6. The van der Waals surface area contributed by atoms with Crippen LogP contribution in [0, 0.1) is 13.8 Å². The molecule has 0 radical (unpaired) electrons. The highest BCUT2D eigenvalue weighted by Gasteiger charge is 2.54. The van der Waals surface area contributed by atoms with E-state index in [0.29, 0.717) is 61.9 Å². The molecule has 4 heterocycles. The van der Waals surface area contributed by atoms with Crippen LogP contribution in [0.4, 0.5) is 11.6 Å². The first-order chi connectivity index (χ1) is 25.9. The fourth-order valence-electron chi connectivity index (χ4n) is 8.81. The van der Waals surface area contributed by atoms with Crippen LogP contribution in [0.15, 0.2) is 80.1 Å². The Kier molecular flexibility index (Phi) is 11.1. The SMILES string of the molecule is Cc1ccc(CN2C[C@]3(C[C@@H](O)[C@H](N=[N+]=[N-])C3)c3c2ncc(Br)c3Cl)cc1.Cc1ccc(CN2C[C@]3(C[C@H](N=[N+]=[N-])[C@@H](O)C3)c3c2ncc(Br)c3Cl)cc1. The molecular formula is C38H38Br2Cl2N10O2. The summed E-state index contributed by atoms with van der Waals surface area (Å²) >= 11 is 20.3. The maximum atomic E-state index is 10.5. The lowest BCUT2D eigenvalue weighted by Crippen LogP contribution is -2.32. The van der Waals surface area contributed by atoms with Crippen LogP contribution >= 0.6 is 55.1 Å². The summed E-state index contributed by atoms with van der Waals surface area (Å²) in [6.07, 6.45) is 4.22. The summed E-state index contributed by atoms with van der Waals surface area (Å²) < 4.78 is 1.47. The summed E-state index contributed by atoms with van der Waals surface area (Å²) in [5, 5.41) is 29.8. The lowest BCUT2D eigenvalue weighted by molar-refractivity contribution is 0.159. The molecule has 8 rings (SSSR count). The minimum absolute atomic E-state index is 0.369. The second kappa shape index (κ2) is 15.5. The molecule has 0 unspecified atom stereocenters. The zero-order chi connectivity index (χ0) is 38.4. The van der Waals surface area contributed by atoms with Gasteiger partial charge in [-0.1, -0.05) is 93.1 Å². The highest BCUT2D eigenvalue weighted by atomic mass is 79.9. The molecule has 2 saturated carbocycles. The molecule has 0 amide bonds. The van der Waals surface area contributed by atoms with Gasteiger partial charge in [-0.3, -0.25) is 0 Å². The molecule has 0 saturated heterocycles. The number of halogens is 4. The van der Waals surface area contributed by atoms with E-state index < -0.39 is 24.3 Å². The van der Waals surface area contributed by atoms with Gasteiger partial charge in [0.1, 0.15) is 11.6 Å². The molecule has 4 aromatic rings. The molecule has 280 valence electrons. The average Bonchev–Trinajstić information content (AvgIpc) is 3.83. The van der Waals surface area contributed by atoms with Crippen LogP contribution in [0.25, 0.3) is 20.9 Å². The summed E-state index contributed by atoms with van der Waals surface area (Å²) in [6, 6.07) is 16.0. The molecule has 16 heteroatoms. The molecule has 2 aromatic carbocycles. The standard InChI is InChI=1S/2C19H19BrClN5O/c2*1-11-2-4-12(5-3-11)9-26-10-19(6-14(24-25-22)15(27)7-19)16-17(21)13(20)8-23-18(16)26/h2*2-5,8,14-15,27H,6-7,9-10H2,1H3/t2*14-,15-,19+/m10/s1. The predicted molar refractivity (Wildman–Crippen MR) is 218 cm³/mol. The highest BCUT2D eigenvalue weighted by molar-refractivity contribution is 9.10. The lowest BCUT2D eigenvalue weighted by atomic mass is 9.81. The van der Waals surface area contributed by atoms with Crippen molar-refractivity contribution in [2.24, 2.45) is 10.2 Å². The molecule has 2 aliphatic heterocycles. The van der Waals surface area contributed by atoms with Crippen molar-refractivity contribution in [3.8, 4) is 0 Å². The molecule has 12 nitrogen and oxygen atoms in total. The number of anilines is 2. The summed E-state index contributed by atoms with van der Waals surface area (Å²) in [5.74, 6) is 1.69. The Bertz CT molecular complexity index is 2010. The largest absolute Gasteiger partial charge is 0.393 e. The maximum Gasteiger partial charge on any atom is 0.134 e. The number of aliphatic hydroxyl groups is 2. The summed E-state index contributed by atoms with van der Waals surface area (Å²) in [6.45, 7) is 6.93.